The summed E-state index contributed by atoms with van der Waals surface area (Å²) in [7, 11) is 1.65. The summed E-state index contributed by atoms with van der Waals surface area (Å²) < 4.78 is 11.2. The van der Waals surface area contributed by atoms with E-state index in [-0.39, 0.29) is 13.3 Å². The Hall–Kier alpha value is -2.05. The van der Waals surface area contributed by atoms with Crippen LogP contribution in [-0.2, 0) is 9.47 Å². The molecular weight excluding hydrogens is 314 g/mol. The van der Waals surface area contributed by atoms with E-state index in [1.165, 1.54) is 0 Å². The Labute approximate surface area is 129 Å². The summed E-state index contributed by atoms with van der Waals surface area (Å²) in [6.45, 7) is 0.133. The predicted molar refractivity (Wildman–Crippen MR) is 74.1 cm³/mol. The van der Waals surface area contributed by atoms with Gasteiger partial charge in [0.25, 0.3) is 5.56 Å². The third kappa shape index (κ3) is 3.48. The second-order valence-corrected chi connectivity index (χ2v) is 4.93. The van der Waals surface area contributed by atoms with Gasteiger partial charge in [-0.3, -0.25) is 19.7 Å². The highest BCUT2D eigenvalue weighted by molar-refractivity contribution is 5.86. The van der Waals surface area contributed by atoms with Crippen LogP contribution in [0.3, 0.4) is 0 Å². The number of aromatic amines is 1. The molecule has 2 rings (SSSR count). The van der Waals surface area contributed by atoms with E-state index in [0.29, 0.717) is 0 Å². The van der Waals surface area contributed by atoms with Crippen molar-refractivity contribution < 1.29 is 29.6 Å². The SMILES string of the molecule is CNCOC[C@H]1O[C@@H](n2cc(C(=O)O)c(=O)[nH]c2=O)[C@H](O)[C@@H]1O. The van der Waals surface area contributed by atoms with E-state index in [1.54, 1.807) is 7.05 Å². The molecule has 1 aliphatic rings. The zero-order chi connectivity index (χ0) is 17.1. The number of aliphatic hydroxyl groups is 2. The number of aromatic nitrogens is 2. The third-order valence-electron chi connectivity index (χ3n) is 3.34. The number of aliphatic hydroxyl groups excluding tert-OH is 2. The van der Waals surface area contributed by atoms with Gasteiger partial charge >= 0.3 is 11.7 Å². The lowest BCUT2D eigenvalue weighted by Crippen LogP contribution is -2.39. The maximum atomic E-state index is 11.8. The van der Waals surface area contributed by atoms with Crippen LogP contribution in [0.2, 0.25) is 0 Å². The van der Waals surface area contributed by atoms with Crippen LogP contribution >= 0.6 is 0 Å². The molecule has 11 nitrogen and oxygen atoms in total. The van der Waals surface area contributed by atoms with Gasteiger partial charge in [-0.05, 0) is 7.05 Å². The van der Waals surface area contributed by atoms with Gasteiger partial charge in [0.1, 0.15) is 23.9 Å². The monoisotopic (exact) mass is 331 g/mol. The minimum Gasteiger partial charge on any atom is -0.477 e. The van der Waals surface area contributed by atoms with Gasteiger partial charge in [-0.2, -0.15) is 0 Å². The average Bonchev–Trinajstić information content (AvgIpc) is 2.76. The van der Waals surface area contributed by atoms with Gasteiger partial charge in [0.2, 0.25) is 0 Å². The van der Waals surface area contributed by atoms with Gasteiger partial charge in [0.05, 0.1) is 13.3 Å². The molecule has 11 heteroatoms. The lowest BCUT2D eigenvalue weighted by atomic mass is 10.1. The van der Waals surface area contributed by atoms with Crippen LogP contribution in [0.15, 0.2) is 15.8 Å². The zero-order valence-electron chi connectivity index (χ0n) is 12.1. The van der Waals surface area contributed by atoms with Crippen LogP contribution in [0.5, 0.6) is 0 Å². The minimum atomic E-state index is -1.54. The first-order valence-corrected chi connectivity index (χ1v) is 6.69. The number of carboxylic acid groups (broad SMARTS) is 1. The van der Waals surface area contributed by atoms with E-state index >= 15 is 0 Å². The highest BCUT2D eigenvalue weighted by Crippen LogP contribution is 2.28. The van der Waals surface area contributed by atoms with Crippen molar-refractivity contribution in [1.82, 2.24) is 14.9 Å². The molecule has 0 aromatic carbocycles. The smallest absolute Gasteiger partial charge is 0.342 e. The first-order valence-electron chi connectivity index (χ1n) is 6.69. The molecule has 0 bridgehead atoms. The number of ether oxygens (including phenoxy) is 2. The van der Waals surface area contributed by atoms with E-state index in [1.807, 2.05) is 4.98 Å². The summed E-state index contributed by atoms with van der Waals surface area (Å²) in [5.41, 5.74) is -2.72. The van der Waals surface area contributed by atoms with Crippen LogP contribution in [-0.4, -0.2) is 69.5 Å². The molecule has 0 aliphatic carbocycles. The van der Waals surface area contributed by atoms with Gasteiger partial charge in [-0.25, -0.2) is 9.59 Å². The van der Waals surface area contributed by atoms with Gasteiger partial charge in [-0.1, -0.05) is 0 Å². The van der Waals surface area contributed by atoms with Crippen molar-refractivity contribution in [2.24, 2.45) is 0 Å². The molecule has 128 valence electrons. The molecule has 0 spiro atoms. The normalized spacial score (nSPS) is 27.3. The molecule has 0 amide bonds. The topological polar surface area (TPSA) is 163 Å². The molecule has 1 aliphatic heterocycles. The van der Waals surface area contributed by atoms with Crippen LogP contribution in [0.4, 0.5) is 0 Å². The van der Waals surface area contributed by atoms with E-state index in [2.05, 4.69) is 5.32 Å². The Morgan fingerprint density at radius 1 is 1.43 bits per heavy atom. The number of nitrogens with one attached hydrogen (secondary N) is 2. The Morgan fingerprint density at radius 2 is 2.13 bits per heavy atom. The summed E-state index contributed by atoms with van der Waals surface area (Å²) >= 11 is 0. The third-order valence-corrected chi connectivity index (χ3v) is 3.34. The average molecular weight is 331 g/mol. The summed E-state index contributed by atoms with van der Waals surface area (Å²) in [5.74, 6) is -1.54. The van der Waals surface area contributed by atoms with Gasteiger partial charge in [-0.15, -0.1) is 0 Å². The molecule has 23 heavy (non-hydrogen) atoms. The second-order valence-electron chi connectivity index (χ2n) is 4.93. The number of hydrogen-bond donors (Lipinski definition) is 5. The van der Waals surface area contributed by atoms with E-state index in [0.717, 1.165) is 10.8 Å². The highest BCUT2D eigenvalue weighted by atomic mass is 16.6. The molecule has 1 aromatic heterocycles. The number of carbonyl (C=O) groups is 1. The summed E-state index contributed by atoms with van der Waals surface area (Å²) in [4.78, 5) is 36.0. The standard InChI is InChI=1S/C12H17N3O8/c1-13-4-22-3-6-7(16)8(17)10(23-6)15-2-5(11(19)20)9(18)14-12(15)21/h2,6-8,10,13,16-17H,3-4H2,1H3,(H,19,20)(H,14,18,21)/t6-,7-,8-,10-/m1/s1. The molecule has 4 atom stereocenters. The molecule has 2 heterocycles. The number of rotatable bonds is 6. The van der Waals surface area contributed by atoms with Gasteiger partial charge in [0.15, 0.2) is 6.23 Å². The van der Waals surface area contributed by atoms with Crippen LogP contribution in [0.25, 0.3) is 0 Å². The number of carboxylic acids is 1. The molecule has 0 saturated carbocycles. The van der Waals surface area contributed by atoms with Crippen molar-refractivity contribution >= 4 is 5.97 Å². The maximum absolute atomic E-state index is 11.8. The molecule has 5 N–H and O–H groups in total. The number of hydrogen-bond acceptors (Lipinski definition) is 8. The summed E-state index contributed by atoms with van der Waals surface area (Å²) in [6.07, 6.45) is -4.35. The fourth-order valence-corrected chi connectivity index (χ4v) is 2.20. The van der Waals surface area contributed by atoms with E-state index in [9.17, 15) is 24.6 Å². The lowest BCUT2D eigenvalue weighted by Gasteiger charge is -2.17. The fourth-order valence-electron chi connectivity index (χ4n) is 2.20. The molecular formula is C12H17N3O8. The molecule has 1 fully saturated rings. The van der Waals surface area contributed by atoms with Crippen molar-refractivity contribution in [3.8, 4) is 0 Å². The quantitative estimate of drug-likeness (QED) is 0.271. The van der Waals surface area contributed by atoms with Crippen molar-refractivity contribution in [2.45, 2.75) is 24.5 Å². The van der Waals surface area contributed by atoms with E-state index in [4.69, 9.17) is 14.6 Å². The van der Waals surface area contributed by atoms with Crippen LogP contribution < -0.4 is 16.6 Å². The number of nitrogens with zero attached hydrogens (tertiary/aromatic N) is 1. The van der Waals surface area contributed by atoms with Crippen molar-refractivity contribution in [1.29, 1.82) is 0 Å². The van der Waals surface area contributed by atoms with Gasteiger partial charge in [0, 0.05) is 6.20 Å². The second kappa shape index (κ2) is 7.02. The molecule has 0 unspecified atom stereocenters. The lowest BCUT2D eigenvalue weighted by molar-refractivity contribution is -0.0699. The van der Waals surface area contributed by atoms with Crippen LogP contribution in [0.1, 0.15) is 16.6 Å². The van der Waals surface area contributed by atoms with Gasteiger partial charge < -0.3 is 24.8 Å². The Balaban J connectivity index is 2.28. The zero-order valence-corrected chi connectivity index (χ0v) is 12.1. The first kappa shape index (κ1) is 17.3. The minimum absolute atomic E-state index is 0.0561. The maximum Gasteiger partial charge on any atom is 0.342 e. The van der Waals surface area contributed by atoms with Crippen LogP contribution in [0, 0.1) is 0 Å². The number of aromatic carboxylic acids is 1. The molecule has 1 aromatic rings. The van der Waals surface area contributed by atoms with Crippen molar-refractivity contribution in [2.75, 3.05) is 20.4 Å². The van der Waals surface area contributed by atoms with Crippen molar-refractivity contribution in [3.63, 3.8) is 0 Å². The van der Waals surface area contributed by atoms with Crippen molar-refractivity contribution in [3.05, 3.63) is 32.6 Å². The summed E-state index contributed by atoms with van der Waals surface area (Å²) in [5, 5.41) is 31.6. The molecule has 0 radical (unpaired) electrons. The highest BCUT2D eigenvalue weighted by Gasteiger charge is 2.44. The molecule has 1 saturated heterocycles. The number of H-pyrrole nitrogens is 1. The first-order chi connectivity index (χ1) is 10.9. The Kier molecular flexibility index (Phi) is 5.28. The van der Waals surface area contributed by atoms with E-state index < -0.39 is 47.3 Å². The fraction of sp³-hybridized carbons (Fsp3) is 0.583. The summed E-state index contributed by atoms with van der Waals surface area (Å²) in [6, 6.07) is 0. The Morgan fingerprint density at radius 3 is 2.74 bits per heavy atom. The Bertz CT molecular complexity index is 684. The predicted octanol–water partition coefficient (Wildman–Crippen LogP) is -2.95. The largest absolute Gasteiger partial charge is 0.477 e.